The van der Waals surface area contributed by atoms with Crippen molar-refractivity contribution in [1.29, 1.82) is 0 Å². The molecule has 0 aliphatic rings. The number of pyridine rings is 1. The summed E-state index contributed by atoms with van der Waals surface area (Å²) in [6.45, 7) is 10.5. The Morgan fingerprint density at radius 2 is 1.96 bits per heavy atom. The summed E-state index contributed by atoms with van der Waals surface area (Å²) in [7, 11) is 0. The Bertz CT molecular complexity index is 728. The average molecular weight is 401 g/mol. The molecule has 1 rings (SSSR count). The molecule has 0 aromatic carbocycles. The van der Waals surface area contributed by atoms with Gasteiger partial charge < -0.3 is 10.5 Å². The van der Waals surface area contributed by atoms with Gasteiger partial charge in [-0.3, -0.25) is 4.99 Å². The van der Waals surface area contributed by atoms with Gasteiger partial charge in [0.15, 0.2) is 0 Å². The van der Waals surface area contributed by atoms with Crippen LogP contribution in [0, 0.1) is 5.92 Å². The van der Waals surface area contributed by atoms with Gasteiger partial charge in [-0.1, -0.05) is 19.9 Å². The first-order chi connectivity index (χ1) is 13.0. The zero-order valence-electron chi connectivity index (χ0n) is 16.6. The van der Waals surface area contributed by atoms with Crippen molar-refractivity contribution < 1.29 is 22.3 Å². The maximum absolute atomic E-state index is 13.5. The quantitative estimate of drug-likeness (QED) is 0.324. The molecule has 0 fully saturated rings. The van der Waals surface area contributed by atoms with E-state index in [-0.39, 0.29) is 23.6 Å². The van der Waals surface area contributed by atoms with Gasteiger partial charge in [-0.05, 0) is 56.7 Å². The number of alkyl halides is 4. The molecule has 0 unspecified atom stereocenters. The molecule has 0 spiro atoms. The second kappa shape index (κ2) is 10.4. The van der Waals surface area contributed by atoms with E-state index in [2.05, 4.69) is 16.7 Å². The highest BCUT2D eigenvalue weighted by atomic mass is 19.3. The first-order valence-corrected chi connectivity index (χ1v) is 8.84. The van der Waals surface area contributed by atoms with E-state index in [0.29, 0.717) is 12.3 Å². The van der Waals surface area contributed by atoms with Gasteiger partial charge in [0.2, 0.25) is 0 Å². The van der Waals surface area contributed by atoms with Crippen molar-refractivity contribution >= 4 is 12.3 Å². The van der Waals surface area contributed by atoms with Gasteiger partial charge in [-0.2, -0.15) is 0 Å². The molecule has 0 saturated heterocycles. The second-order valence-corrected chi connectivity index (χ2v) is 7.19. The molecule has 0 aliphatic carbocycles. The van der Waals surface area contributed by atoms with Crippen molar-refractivity contribution in [3.8, 4) is 5.75 Å². The standard InChI is InChI=1S/C20H27F4N3O/c1-6-13(9-15(26-5)18(21)22)14-7-8-16(17(27-14)19(23)24)28-11-20(4,25)10-12(2)3/h6-9,12,18-19H,5,10-11,25H2,1-4H3/b13-6+,15-9-/t20-/m0/s1. The number of nitrogens with zero attached hydrogens (tertiary/aromatic N) is 2. The summed E-state index contributed by atoms with van der Waals surface area (Å²) >= 11 is 0. The van der Waals surface area contributed by atoms with Crippen molar-refractivity contribution in [3.63, 3.8) is 0 Å². The van der Waals surface area contributed by atoms with Crippen LogP contribution in [-0.4, -0.2) is 30.3 Å². The fourth-order valence-corrected chi connectivity index (χ4v) is 2.78. The Kier molecular flexibility index (Phi) is 8.81. The minimum Gasteiger partial charge on any atom is -0.490 e. The van der Waals surface area contributed by atoms with Gasteiger partial charge in [-0.15, -0.1) is 0 Å². The summed E-state index contributed by atoms with van der Waals surface area (Å²) in [6.07, 6.45) is -2.55. The molecule has 28 heavy (non-hydrogen) atoms. The Labute approximate surface area is 163 Å². The van der Waals surface area contributed by atoms with Crippen LogP contribution in [0.4, 0.5) is 17.6 Å². The van der Waals surface area contributed by atoms with Gasteiger partial charge in [0, 0.05) is 5.54 Å². The number of hydrogen-bond donors (Lipinski definition) is 1. The van der Waals surface area contributed by atoms with Crippen LogP contribution in [-0.2, 0) is 0 Å². The van der Waals surface area contributed by atoms with Crippen molar-refractivity contribution in [1.82, 2.24) is 4.98 Å². The average Bonchev–Trinajstić information content (AvgIpc) is 2.59. The molecule has 0 amide bonds. The van der Waals surface area contributed by atoms with Gasteiger partial charge in [0.1, 0.15) is 23.7 Å². The highest BCUT2D eigenvalue weighted by Gasteiger charge is 2.24. The van der Waals surface area contributed by atoms with Crippen LogP contribution in [0.15, 0.2) is 35.0 Å². The Hall–Kier alpha value is -2.22. The minimum absolute atomic E-state index is 0.0399. The molecule has 2 N–H and O–H groups in total. The summed E-state index contributed by atoms with van der Waals surface area (Å²) < 4.78 is 58.3. The summed E-state index contributed by atoms with van der Waals surface area (Å²) in [5.74, 6) is 0.231. The molecule has 1 atom stereocenters. The van der Waals surface area contributed by atoms with E-state index in [1.807, 2.05) is 13.8 Å². The van der Waals surface area contributed by atoms with Gasteiger partial charge in [0.25, 0.3) is 12.9 Å². The maximum Gasteiger partial charge on any atom is 0.284 e. The Balaban J connectivity index is 3.18. The van der Waals surface area contributed by atoms with Crippen LogP contribution < -0.4 is 10.5 Å². The third-order valence-corrected chi connectivity index (χ3v) is 3.84. The second-order valence-electron chi connectivity index (χ2n) is 7.19. The van der Waals surface area contributed by atoms with Crippen LogP contribution in [0.2, 0.25) is 0 Å². The molecule has 1 heterocycles. The fraction of sp³-hybridized carbons (Fsp3) is 0.500. The van der Waals surface area contributed by atoms with Crippen molar-refractivity contribution in [2.75, 3.05) is 6.61 Å². The number of aliphatic imine (C=N–C) groups is 1. The molecule has 0 bridgehead atoms. The number of hydrogen-bond acceptors (Lipinski definition) is 4. The van der Waals surface area contributed by atoms with E-state index < -0.39 is 29.8 Å². The molecule has 0 saturated carbocycles. The topological polar surface area (TPSA) is 60.5 Å². The van der Waals surface area contributed by atoms with E-state index in [0.717, 1.165) is 6.08 Å². The van der Waals surface area contributed by atoms with E-state index >= 15 is 0 Å². The molecule has 156 valence electrons. The van der Waals surface area contributed by atoms with Crippen molar-refractivity contribution in [2.45, 2.75) is 52.5 Å². The highest BCUT2D eigenvalue weighted by molar-refractivity contribution is 5.73. The predicted octanol–water partition coefficient (Wildman–Crippen LogP) is 5.41. The lowest BCUT2D eigenvalue weighted by atomic mass is 9.93. The Morgan fingerprint density at radius 1 is 1.32 bits per heavy atom. The lowest BCUT2D eigenvalue weighted by molar-refractivity contribution is 0.134. The van der Waals surface area contributed by atoms with Crippen LogP contribution in [0.3, 0.4) is 0 Å². The first-order valence-electron chi connectivity index (χ1n) is 8.84. The normalized spacial score (nSPS) is 15.3. The van der Waals surface area contributed by atoms with Crippen LogP contribution in [0.5, 0.6) is 5.75 Å². The number of allylic oxidation sites excluding steroid dienone is 4. The van der Waals surface area contributed by atoms with Crippen LogP contribution in [0.1, 0.15) is 51.9 Å². The molecule has 1 aromatic heterocycles. The molecule has 0 radical (unpaired) electrons. The molecular weight excluding hydrogens is 374 g/mol. The summed E-state index contributed by atoms with van der Waals surface area (Å²) in [4.78, 5) is 7.18. The van der Waals surface area contributed by atoms with Crippen molar-refractivity contribution in [2.24, 2.45) is 16.6 Å². The third-order valence-electron chi connectivity index (χ3n) is 3.84. The molecule has 4 nitrogen and oxygen atoms in total. The minimum atomic E-state index is -2.90. The monoisotopic (exact) mass is 401 g/mol. The lowest BCUT2D eigenvalue weighted by Crippen LogP contribution is -2.43. The number of rotatable bonds is 10. The largest absolute Gasteiger partial charge is 0.490 e. The fourth-order valence-electron chi connectivity index (χ4n) is 2.78. The van der Waals surface area contributed by atoms with Crippen molar-refractivity contribution in [3.05, 3.63) is 41.4 Å². The number of nitrogens with two attached hydrogens (primary N) is 1. The molecule has 8 heteroatoms. The maximum atomic E-state index is 13.5. The molecule has 0 aliphatic heterocycles. The van der Waals surface area contributed by atoms with Gasteiger partial charge in [-0.25, -0.2) is 22.5 Å². The smallest absolute Gasteiger partial charge is 0.284 e. The zero-order valence-corrected chi connectivity index (χ0v) is 16.6. The van der Waals surface area contributed by atoms with E-state index in [1.54, 1.807) is 13.8 Å². The number of aromatic nitrogens is 1. The van der Waals surface area contributed by atoms with Gasteiger partial charge >= 0.3 is 0 Å². The SMILES string of the molecule is C=N/C(=C\C(=C/C)c1ccc(OC[C@@](C)(N)CC(C)C)c(C(F)F)n1)C(F)F. The predicted molar refractivity (Wildman–Crippen MR) is 104 cm³/mol. The zero-order chi connectivity index (χ0) is 21.5. The number of ether oxygens (including phenoxy) is 1. The lowest BCUT2D eigenvalue weighted by Gasteiger charge is -2.27. The summed E-state index contributed by atoms with van der Waals surface area (Å²) in [5.41, 5.74) is 4.65. The third kappa shape index (κ3) is 7.07. The van der Waals surface area contributed by atoms with Gasteiger partial charge in [0.05, 0.1) is 5.69 Å². The van der Waals surface area contributed by atoms with Crippen LogP contribution in [0.25, 0.3) is 5.57 Å². The summed E-state index contributed by atoms with van der Waals surface area (Å²) in [6, 6.07) is 2.77. The highest BCUT2D eigenvalue weighted by Crippen LogP contribution is 2.31. The van der Waals surface area contributed by atoms with E-state index in [9.17, 15) is 17.6 Å². The number of halogens is 4. The molecule has 1 aromatic rings. The van der Waals surface area contributed by atoms with E-state index in [1.165, 1.54) is 18.2 Å². The van der Waals surface area contributed by atoms with Crippen LogP contribution >= 0.6 is 0 Å². The summed E-state index contributed by atoms with van der Waals surface area (Å²) in [5, 5.41) is 0. The Morgan fingerprint density at radius 3 is 2.43 bits per heavy atom. The first kappa shape index (κ1) is 23.8. The molecular formula is C20H27F4N3O. The van der Waals surface area contributed by atoms with E-state index in [4.69, 9.17) is 10.5 Å².